The number of nitrogens with two attached hydrogens (primary N) is 2. The predicted octanol–water partition coefficient (Wildman–Crippen LogP) is 1.50. The van der Waals surface area contributed by atoms with Crippen LogP contribution in [0.1, 0.15) is 31.4 Å². The Morgan fingerprint density at radius 1 is 1.37 bits per heavy atom. The Morgan fingerprint density at radius 3 is 2.74 bits per heavy atom. The van der Waals surface area contributed by atoms with Gasteiger partial charge in [0.25, 0.3) is 0 Å². The third-order valence-electron chi connectivity index (χ3n) is 2.77. The quantitative estimate of drug-likeness (QED) is 0.797. The fourth-order valence-electron chi connectivity index (χ4n) is 1.90. The molecule has 0 fully saturated rings. The van der Waals surface area contributed by atoms with Crippen LogP contribution in [0.3, 0.4) is 0 Å². The van der Waals surface area contributed by atoms with E-state index >= 15 is 0 Å². The highest BCUT2D eigenvalue weighted by molar-refractivity contribution is 5.48. The van der Waals surface area contributed by atoms with Crippen molar-refractivity contribution in [2.75, 3.05) is 5.73 Å². The van der Waals surface area contributed by atoms with Gasteiger partial charge in [0.05, 0.1) is 23.6 Å². The Balaban J connectivity index is 0.00000180. The van der Waals surface area contributed by atoms with Crippen LogP contribution in [-0.4, -0.2) is 14.8 Å². The topological polar surface area (TPSA) is 92.0 Å². The minimum atomic E-state index is 0. The third-order valence-corrected chi connectivity index (χ3v) is 2.77. The number of nitrogens with zero attached hydrogens (tertiary/aromatic N) is 3. The number of nitrogen functional groups attached to an aromatic ring is 1. The van der Waals surface area contributed by atoms with Gasteiger partial charge in [-0.15, -0.1) is 0 Å². The lowest BCUT2D eigenvalue weighted by molar-refractivity contribution is 0.121. The van der Waals surface area contributed by atoms with Crippen LogP contribution < -0.4 is 11.6 Å². The maximum absolute atomic E-state index is 6.02. The van der Waals surface area contributed by atoms with Crippen LogP contribution in [0.5, 0.6) is 0 Å². The van der Waals surface area contributed by atoms with Crippen molar-refractivity contribution < 1.29 is 4.84 Å². The zero-order valence-corrected chi connectivity index (χ0v) is 10.3. The van der Waals surface area contributed by atoms with Crippen molar-refractivity contribution in [3.8, 4) is 0 Å². The highest BCUT2D eigenvalue weighted by Gasteiger charge is 2.14. The fraction of sp³-hybridized carbons (Fsp3) is 0.385. The van der Waals surface area contributed by atoms with Gasteiger partial charge in [-0.3, -0.25) is 14.5 Å². The molecule has 0 amide bonds. The van der Waals surface area contributed by atoms with Crippen LogP contribution in [0.4, 0.5) is 5.69 Å². The van der Waals surface area contributed by atoms with E-state index in [-0.39, 0.29) is 14.0 Å². The Morgan fingerprint density at radius 2 is 2.16 bits per heavy atom. The molecule has 6 nitrogen and oxygen atoms in total. The summed E-state index contributed by atoms with van der Waals surface area (Å²) in [4.78, 5) is 8.88. The lowest BCUT2D eigenvalue weighted by Gasteiger charge is -2.05. The Kier molecular flexibility index (Phi) is 5.47. The smallest absolute Gasteiger partial charge is 0.114 e. The van der Waals surface area contributed by atoms with Crippen molar-refractivity contribution in [3.63, 3.8) is 0 Å². The maximum Gasteiger partial charge on any atom is 0.114 e. The Hall–Kier alpha value is -1.92. The SMILES string of the molecule is C.CCc1c(N)c(CON)nn1Cc1ccccn1. The second-order valence-electron chi connectivity index (χ2n) is 3.95. The van der Waals surface area contributed by atoms with Gasteiger partial charge in [-0.1, -0.05) is 20.4 Å². The zero-order valence-electron chi connectivity index (χ0n) is 10.3. The Labute approximate surface area is 113 Å². The number of anilines is 1. The Bertz CT molecular complexity index is 509. The van der Waals surface area contributed by atoms with E-state index in [1.54, 1.807) is 6.20 Å². The number of pyridine rings is 1. The van der Waals surface area contributed by atoms with Gasteiger partial charge in [-0.05, 0) is 18.6 Å². The summed E-state index contributed by atoms with van der Waals surface area (Å²) in [5.74, 6) is 5.07. The summed E-state index contributed by atoms with van der Waals surface area (Å²) in [7, 11) is 0. The zero-order chi connectivity index (χ0) is 13.0. The van der Waals surface area contributed by atoms with Crippen LogP contribution >= 0.6 is 0 Å². The maximum atomic E-state index is 6.02. The van der Waals surface area contributed by atoms with Crippen molar-refractivity contribution in [2.24, 2.45) is 5.90 Å². The molecule has 0 saturated carbocycles. The van der Waals surface area contributed by atoms with Crippen LogP contribution in [0.2, 0.25) is 0 Å². The van der Waals surface area contributed by atoms with E-state index in [0.29, 0.717) is 17.9 Å². The molecule has 2 aromatic heterocycles. The average Bonchev–Trinajstić information content (AvgIpc) is 2.67. The average molecular weight is 263 g/mol. The first-order valence-corrected chi connectivity index (χ1v) is 5.81. The molecule has 0 radical (unpaired) electrons. The van der Waals surface area contributed by atoms with Crippen LogP contribution in [0.25, 0.3) is 0 Å². The van der Waals surface area contributed by atoms with E-state index in [2.05, 4.69) is 14.9 Å². The van der Waals surface area contributed by atoms with Crippen LogP contribution in [-0.2, 0) is 24.4 Å². The summed E-state index contributed by atoms with van der Waals surface area (Å²) in [5.41, 5.74) is 9.26. The van der Waals surface area contributed by atoms with Gasteiger partial charge in [-0.25, -0.2) is 5.90 Å². The second-order valence-corrected chi connectivity index (χ2v) is 3.95. The first kappa shape index (κ1) is 15.1. The largest absolute Gasteiger partial charge is 0.396 e. The molecule has 0 bridgehead atoms. The molecule has 0 atom stereocenters. The minimum Gasteiger partial charge on any atom is -0.396 e. The van der Waals surface area contributed by atoms with Crippen molar-refractivity contribution in [1.82, 2.24) is 14.8 Å². The highest BCUT2D eigenvalue weighted by Crippen LogP contribution is 2.19. The van der Waals surface area contributed by atoms with E-state index in [1.165, 1.54) is 0 Å². The summed E-state index contributed by atoms with van der Waals surface area (Å²) in [6.07, 6.45) is 2.56. The molecule has 0 aromatic carbocycles. The van der Waals surface area contributed by atoms with Gasteiger partial charge >= 0.3 is 0 Å². The van der Waals surface area contributed by atoms with Crippen molar-refractivity contribution in [1.29, 1.82) is 0 Å². The number of hydrogen-bond acceptors (Lipinski definition) is 5. The van der Waals surface area contributed by atoms with Gasteiger partial charge in [0.2, 0.25) is 0 Å². The highest BCUT2D eigenvalue weighted by atomic mass is 16.6. The molecule has 0 aliphatic heterocycles. The van der Waals surface area contributed by atoms with E-state index in [4.69, 9.17) is 11.6 Å². The van der Waals surface area contributed by atoms with Gasteiger partial charge < -0.3 is 5.73 Å². The molecular weight excluding hydrogens is 242 g/mol. The number of rotatable bonds is 5. The molecule has 2 aromatic rings. The predicted molar refractivity (Wildman–Crippen MR) is 75.1 cm³/mol. The van der Waals surface area contributed by atoms with Crippen molar-refractivity contribution >= 4 is 5.69 Å². The molecule has 2 heterocycles. The fourth-order valence-corrected chi connectivity index (χ4v) is 1.90. The summed E-state index contributed by atoms with van der Waals surface area (Å²) in [6.45, 7) is 2.85. The van der Waals surface area contributed by atoms with E-state index < -0.39 is 0 Å². The van der Waals surface area contributed by atoms with Gasteiger partial charge in [0.15, 0.2) is 0 Å². The molecule has 0 aliphatic carbocycles. The summed E-state index contributed by atoms with van der Waals surface area (Å²) >= 11 is 0. The van der Waals surface area contributed by atoms with E-state index in [9.17, 15) is 0 Å². The van der Waals surface area contributed by atoms with Gasteiger partial charge in [0, 0.05) is 6.20 Å². The van der Waals surface area contributed by atoms with Crippen LogP contribution in [0, 0.1) is 0 Å². The molecule has 0 saturated heterocycles. The normalized spacial score (nSPS) is 10.2. The second kappa shape index (κ2) is 6.86. The monoisotopic (exact) mass is 263 g/mol. The molecule has 4 N–H and O–H groups in total. The third kappa shape index (κ3) is 3.30. The molecule has 104 valence electrons. The van der Waals surface area contributed by atoms with Gasteiger partial charge in [0.1, 0.15) is 12.3 Å². The van der Waals surface area contributed by atoms with Gasteiger partial charge in [-0.2, -0.15) is 5.10 Å². The lowest BCUT2D eigenvalue weighted by atomic mass is 10.2. The first-order valence-electron chi connectivity index (χ1n) is 5.81. The van der Waals surface area contributed by atoms with E-state index in [1.807, 2.05) is 29.8 Å². The molecule has 2 rings (SSSR count). The molecular formula is C13H21N5O. The lowest BCUT2D eigenvalue weighted by Crippen LogP contribution is -2.08. The summed E-state index contributed by atoms with van der Waals surface area (Å²) in [5, 5.41) is 4.41. The van der Waals surface area contributed by atoms with Crippen LogP contribution in [0.15, 0.2) is 24.4 Å². The van der Waals surface area contributed by atoms with Crippen molar-refractivity contribution in [3.05, 3.63) is 41.5 Å². The summed E-state index contributed by atoms with van der Waals surface area (Å²) in [6, 6.07) is 5.79. The van der Waals surface area contributed by atoms with E-state index in [0.717, 1.165) is 17.8 Å². The molecule has 6 heteroatoms. The first-order chi connectivity index (χ1) is 8.76. The standard InChI is InChI=1S/C12H17N5O.CH4/c1-2-11-12(13)10(8-18-14)16-17(11)7-9-5-3-4-6-15-9;/h3-6H,2,7-8,13-14H2,1H3;1H4. The molecule has 0 spiro atoms. The van der Waals surface area contributed by atoms with Crippen molar-refractivity contribution in [2.45, 2.75) is 33.9 Å². The number of aromatic nitrogens is 3. The molecule has 0 aliphatic rings. The molecule has 19 heavy (non-hydrogen) atoms. The summed E-state index contributed by atoms with van der Waals surface area (Å²) < 4.78 is 1.85. The minimum absolute atomic E-state index is 0. The molecule has 0 unspecified atom stereocenters. The number of hydrogen-bond donors (Lipinski definition) is 2.